The van der Waals surface area contributed by atoms with E-state index in [1.165, 1.54) is 22.6 Å². The minimum absolute atomic E-state index is 0.0954. The van der Waals surface area contributed by atoms with Crippen LogP contribution in [0.25, 0.3) is 0 Å². The number of rotatable bonds is 7. The number of alkyl halides is 2. The number of hydrogen-bond acceptors (Lipinski definition) is 2. The first-order valence-electron chi connectivity index (χ1n) is 8.12. The topological polar surface area (TPSA) is 41.6 Å². The summed E-state index contributed by atoms with van der Waals surface area (Å²) in [5, 5.41) is 2.83. The molecule has 0 saturated heterocycles. The van der Waals surface area contributed by atoms with Crippen molar-refractivity contribution in [1.82, 2.24) is 4.90 Å². The van der Waals surface area contributed by atoms with Crippen LogP contribution in [0.4, 0.5) is 19.3 Å². The lowest BCUT2D eigenvalue weighted by Gasteiger charge is -2.18. The van der Waals surface area contributed by atoms with Gasteiger partial charge in [-0.25, -0.2) is 4.79 Å². The molecule has 0 aliphatic carbocycles. The van der Waals surface area contributed by atoms with E-state index in [0.29, 0.717) is 6.54 Å². The number of nitrogens with zero attached hydrogens (tertiary/aromatic N) is 1. The third kappa shape index (κ3) is 6.06. The molecule has 2 amide bonds. The van der Waals surface area contributed by atoms with Crippen molar-refractivity contribution in [2.75, 3.05) is 12.4 Å². The number of carbonyl (C=O) groups excluding carboxylic acids is 1. The summed E-state index contributed by atoms with van der Waals surface area (Å²) < 4.78 is 28.6. The highest BCUT2D eigenvalue weighted by Gasteiger charge is 2.10. The van der Waals surface area contributed by atoms with Crippen LogP contribution in [0.1, 0.15) is 24.5 Å². The summed E-state index contributed by atoms with van der Waals surface area (Å²) in [6.45, 7) is -0.367. The molecule has 0 spiro atoms. The maximum Gasteiger partial charge on any atom is 0.387 e. The molecular formula is C19H22F2N2O2. The second kappa shape index (κ2) is 9.01. The number of anilines is 1. The summed E-state index contributed by atoms with van der Waals surface area (Å²) >= 11 is 0. The average Bonchev–Trinajstić information content (AvgIpc) is 2.58. The molecule has 25 heavy (non-hydrogen) atoms. The summed E-state index contributed by atoms with van der Waals surface area (Å²) in [6.07, 6.45) is 2.09. The molecule has 4 nitrogen and oxygen atoms in total. The fourth-order valence-corrected chi connectivity index (χ4v) is 2.38. The number of aryl methyl sites for hydroxylation is 1. The molecule has 2 aromatic carbocycles. The Kier molecular flexibility index (Phi) is 6.74. The Morgan fingerprint density at radius 2 is 1.68 bits per heavy atom. The Hall–Kier alpha value is -2.63. The highest BCUT2D eigenvalue weighted by atomic mass is 19.3. The van der Waals surface area contributed by atoms with E-state index in [0.717, 1.165) is 24.1 Å². The zero-order chi connectivity index (χ0) is 18.2. The number of amides is 2. The minimum atomic E-state index is -2.84. The van der Waals surface area contributed by atoms with Crippen molar-refractivity contribution in [2.24, 2.45) is 0 Å². The minimum Gasteiger partial charge on any atom is -0.435 e. The third-order valence-corrected chi connectivity index (χ3v) is 3.66. The van der Waals surface area contributed by atoms with Gasteiger partial charge in [-0.15, -0.1) is 0 Å². The van der Waals surface area contributed by atoms with E-state index in [1.807, 2.05) is 24.3 Å². The van der Waals surface area contributed by atoms with Crippen LogP contribution in [-0.2, 0) is 13.0 Å². The lowest BCUT2D eigenvalue weighted by molar-refractivity contribution is -0.0498. The molecular weight excluding hydrogens is 326 g/mol. The lowest BCUT2D eigenvalue weighted by Crippen LogP contribution is -2.30. The SMILES string of the molecule is CCCc1ccc(NC(=O)N(C)Cc2ccc(OC(F)F)cc2)cc1. The van der Waals surface area contributed by atoms with Gasteiger partial charge in [0.25, 0.3) is 0 Å². The molecule has 2 aromatic rings. The van der Waals surface area contributed by atoms with Crippen molar-refractivity contribution in [3.8, 4) is 5.75 Å². The first-order valence-corrected chi connectivity index (χ1v) is 8.12. The Bertz CT molecular complexity index is 673. The van der Waals surface area contributed by atoms with E-state index in [9.17, 15) is 13.6 Å². The molecule has 0 aromatic heterocycles. The number of nitrogens with one attached hydrogen (secondary N) is 1. The molecule has 0 bridgehead atoms. The standard InChI is InChI=1S/C19H22F2N2O2/c1-3-4-14-5-9-16(10-6-14)22-19(24)23(2)13-15-7-11-17(12-8-15)25-18(20)21/h5-12,18H,3-4,13H2,1-2H3,(H,22,24). The van der Waals surface area contributed by atoms with Gasteiger partial charge < -0.3 is 15.0 Å². The van der Waals surface area contributed by atoms with Gasteiger partial charge >= 0.3 is 12.6 Å². The van der Waals surface area contributed by atoms with Crippen LogP contribution in [0, 0.1) is 0 Å². The Morgan fingerprint density at radius 1 is 1.08 bits per heavy atom. The smallest absolute Gasteiger partial charge is 0.387 e. The van der Waals surface area contributed by atoms with Crippen molar-refractivity contribution in [3.05, 3.63) is 59.7 Å². The average molecular weight is 348 g/mol. The number of halogens is 2. The molecule has 0 atom stereocenters. The van der Waals surface area contributed by atoms with Crippen molar-refractivity contribution in [1.29, 1.82) is 0 Å². The fourth-order valence-electron chi connectivity index (χ4n) is 2.38. The van der Waals surface area contributed by atoms with Gasteiger partial charge in [0, 0.05) is 19.3 Å². The molecule has 0 unspecified atom stereocenters. The number of benzene rings is 2. The normalized spacial score (nSPS) is 10.6. The highest BCUT2D eigenvalue weighted by Crippen LogP contribution is 2.16. The fraction of sp³-hybridized carbons (Fsp3) is 0.316. The van der Waals surface area contributed by atoms with E-state index in [-0.39, 0.29) is 11.8 Å². The number of hydrogen-bond donors (Lipinski definition) is 1. The number of carbonyl (C=O) groups is 1. The lowest BCUT2D eigenvalue weighted by atomic mass is 10.1. The molecule has 134 valence electrons. The predicted molar refractivity (Wildman–Crippen MR) is 94.0 cm³/mol. The summed E-state index contributed by atoms with van der Waals surface area (Å²) in [5.41, 5.74) is 2.79. The summed E-state index contributed by atoms with van der Waals surface area (Å²) in [4.78, 5) is 13.7. The zero-order valence-corrected chi connectivity index (χ0v) is 14.3. The van der Waals surface area contributed by atoms with E-state index < -0.39 is 6.61 Å². The van der Waals surface area contributed by atoms with E-state index >= 15 is 0 Å². The number of ether oxygens (including phenoxy) is 1. The van der Waals surface area contributed by atoms with Crippen LogP contribution in [0.15, 0.2) is 48.5 Å². The van der Waals surface area contributed by atoms with Crippen LogP contribution < -0.4 is 10.1 Å². The molecule has 6 heteroatoms. The van der Waals surface area contributed by atoms with Crippen molar-refractivity contribution < 1.29 is 18.3 Å². The zero-order valence-electron chi connectivity index (χ0n) is 14.3. The maximum atomic E-state index is 12.2. The van der Waals surface area contributed by atoms with Crippen LogP contribution >= 0.6 is 0 Å². The van der Waals surface area contributed by atoms with Gasteiger partial charge in [-0.3, -0.25) is 0 Å². The largest absolute Gasteiger partial charge is 0.435 e. The van der Waals surface area contributed by atoms with Gasteiger partial charge in [0.2, 0.25) is 0 Å². The highest BCUT2D eigenvalue weighted by molar-refractivity contribution is 5.89. The molecule has 0 aliphatic heterocycles. The van der Waals surface area contributed by atoms with E-state index in [2.05, 4.69) is 17.0 Å². The first-order chi connectivity index (χ1) is 12.0. The quantitative estimate of drug-likeness (QED) is 0.773. The third-order valence-electron chi connectivity index (χ3n) is 3.66. The van der Waals surface area contributed by atoms with Gasteiger partial charge in [-0.1, -0.05) is 37.6 Å². The predicted octanol–water partition coefficient (Wildman–Crippen LogP) is 4.90. The Labute approximate surface area is 146 Å². The molecule has 0 heterocycles. The van der Waals surface area contributed by atoms with Gasteiger partial charge in [-0.05, 0) is 41.8 Å². The van der Waals surface area contributed by atoms with Crippen LogP contribution in [0.3, 0.4) is 0 Å². The van der Waals surface area contributed by atoms with Gasteiger partial charge in [0.1, 0.15) is 5.75 Å². The van der Waals surface area contributed by atoms with Gasteiger partial charge in [0.15, 0.2) is 0 Å². The second-order valence-electron chi connectivity index (χ2n) is 5.76. The summed E-state index contributed by atoms with van der Waals surface area (Å²) in [6, 6.07) is 13.7. The Balaban J connectivity index is 1.89. The molecule has 1 N–H and O–H groups in total. The van der Waals surface area contributed by atoms with Crippen LogP contribution in [0.5, 0.6) is 5.75 Å². The summed E-state index contributed by atoms with van der Waals surface area (Å²) in [7, 11) is 1.67. The second-order valence-corrected chi connectivity index (χ2v) is 5.76. The first kappa shape index (κ1) is 18.7. The van der Waals surface area contributed by atoms with Crippen LogP contribution in [-0.4, -0.2) is 24.6 Å². The van der Waals surface area contributed by atoms with Gasteiger partial charge in [-0.2, -0.15) is 8.78 Å². The molecule has 2 rings (SSSR count). The van der Waals surface area contributed by atoms with Crippen molar-refractivity contribution in [3.63, 3.8) is 0 Å². The van der Waals surface area contributed by atoms with Crippen molar-refractivity contribution >= 4 is 11.7 Å². The van der Waals surface area contributed by atoms with E-state index in [1.54, 1.807) is 19.2 Å². The summed E-state index contributed by atoms with van der Waals surface area (Å²) in [5.74, 6) is 0.0954. The van der Waals surface area contributed by atoms with Crippen LogP contribution in [0.2, 0.25) is 0 Å². The number of urea groups is 1. The molecule has 0 radical (unpaired) electrons. The maximum absolute atomic E-state index is 12.2. The van der Waals surface area contributed by atoms with Gasteiger partial charge in [0.05, 0.1) is 0 Å². The molecule has 0 aliphatic rings. The monoisotopic (exact) mass is 348 g/mol. The van der Waals surface area contributed by atoms with E-state index in [4.69, 9.17) is 0 Å². The Morgan fingerprint density at radius 3 is 2.24 bits per heavy atom. The molecule has 0 fully saturated rings. The van der Waals surface area contributed by atoms with Crippen molar-refractivity contribution in [2.45, 2.75) is 32.9 Å². The molecule has 0 saturated carbocycles.